The Bertz CT molecular complexity index is 425. The van der Waals surface area contributed by atoms with Gasteiger partial charge in [-0.1, -0.05) is 6.07 Å². The Morgan fingerprint density at radius 1 is 1.25 bits per heavy atom. The van der Waals surface area contributed by atoms with Gasteiger partial charge in [0, 0.05) is 31.4 Å². The second-order valence-electron chi connectivity index (χ2n) is 6.09. The summed E-state index contributed by atoms with van der Waals surface area (Å²) >= 11 is 0. The van der Waals surface area contributed by atoms with E-state index in [9.17, 15) is 0 Å². The number of nitrogens with zero attached hydrogens (tertiary/aromatic N) is 3. The highest BCUT2D eigenvalue weighted by Crippen LogP contribution is 2.24. The summed E-state index contributed by atoms with van der Waals surface area (Å²) in [6, 6.07) is 5.49. The number of rotatable bonds is 4. The lowest BCUT2D eigenvalue weighted by molar-refractivity contribution is 0.260. The third kappa shape index (κ3) is 2.81. The minimum Gasteiger partial charge on any atom is -0.355 e. The smallest absolute Gasteiger partial charge is 0.128 e. The number of hydrogen-bond acceptors (Lipinski definition) is 4. The monoisotopic (exact) mass is 274 g/mol. The first-order chi connectivity index (χ1) is 9.78. The number of pyridine rings is 1. The molecule has 0 saturated carbocycles. The minimum absolute atomic E-state index is 0.368. The van der Waals surface area contributed by atoms with Crippen LogP contribution in [0.25, 0.3) is 0 Å². The van der Waals surface area contributed by atoms with Gasteiger partial charge in [0.05, 0.1) is 0 Å². The summed E-state index contributed by atoms with van der Waals surface area (Å²) < 4.78 is 0. The Labute approximate surface area is 122 Å². The molecule has 2 atom stereocenters. The summed E-state index contributed by atoms with van der Waals surface area (Å²) in [5.41, 5.74) is 1.26. The highest BCUT2D eigenvalue weighted by Gasteiger charge is 2.29. The highest BCUT2D eigenvalue weighted by molar-refractivity contribution is 5.41. The first-order valence-corrected chi connectivity index (χ1v) is 7.90. The van der Waals surface area contributed by atoms with Gasteiger partial charge in [-0.3, -0.25) is 4.90 Å². The molecule has 1 N–H and O–H groups in total. The highest BCUT2D eigenvalue weighted by atomic mass is 15.3. The summed E-state index contributed by atoms with van der Waals surface area (Å²) in [5, 5.41) is 3.25. The van der Waals surface area contributed by atoms with E-state index in [1.54, 1.807) is 0 Å². The van der Waals surface area contributed by atoms with E-state index in [1.165, 1.54) is 37.9 Å². The molecule has 2 saturated heterocycles. The van der Waals surface area contributed by atoms with Crippen molar-refractivity contribution in [1.29, 1.82) is 0 Å². The zero-order valence-corrected chi connectivity index (χ0v) is 12.7. The molecule has 110 valence electrons. The maximum absolute atomic E-state index is 4.66. The van der Waals surface area contributed by atoms with Gasteiger partial charge in [0.25, 0.3) is 0 Å². The second kappa shape index (κ2) is 6.10. The van der Waals surface area contributed by atoms with Gasteiger partial charge in [-0.15, -0.1) is 0 Å². The molecular formula is C16H26N4. The first-order valence-electron chi connectivity index (χ1n) is 7.90. The summed E-state index contributed by atoms with van der Waals surface area (Å²) in [5.74, 6) is 1.14. The van der Waals surface area contributed by atoms with E-state index in [0.717, 1.165) is 24.9 Å². The lowest BCUT2D eigenvalue weighted by Gasteiger charge is -2.24. The summed E-state index contributed by atoms with van der Waals surface area (Å²) in [6.07, 6.45) is 6.06. The topological polar surface area (TPSA) is 31.4 Å². The molecule has 20 heavy (non-hydrogen) atoms. The van der Waals surface area contributed by atoms with Crippen molar-refractivity contribution in [3.63, 3.8) is 0 Å². The molecule has 0 radical (unpaired) electrons. The predicted octanol–water partition coefficient (Wildman–Crippen LogP) is 2.04. The molecule has 2 aliphatic rings. The van der Waals surface area contributed by atoms with Crippen LogP contribution in [0.3, 0.4) is 0 Å². The Kier molecular flexibility index (Phi) is 4.22. The summed E-state index contributed by atoms with van der Waals surface area (Å²) in [4.78, 5) is 9.76. The van der Waals surface area contributed by atoms with Crippen LogP contribution in [0.1, 0.15) is 37.8 Å². The van der Waals surface area contributed by atoms with Crippen LogP contribution in [0.2, 0.25) is 0 Å². The fourth-order valence-corrected chi connectivity index (χ4v) is 3.36. The van der Waals surface area contributed by atoms with Gasteiger partial charge < -0.3 is 10.2 Å². The first kappa shape index (κ1) is 13.8. The second-order valence-corrected chi connectivity index (χ2v) is 6.09. The minimum atomic E-state index is 0.368. The summed E-state index contributed by atoms with van der Waals surface area (Å²) in [6.45, 7) is 7.05. The zero-order chi connectivity index (χ0) is 13.9. The van der Waals surface area contributed by atoms with Crippen LogP contribution in [0.4, 0.5) is 5.82 Å². The van der Waals surface area contributed by atoms with E-state index >= 15 is 0 Å². The van der Waals surface area contributed by atoms with Gasteiger partial charge in [0.15, 0.2) is 0 Å². The molecule has 0 aliphatic carbocycles. The molecular weight excluding hydrogens is 248 g/mol. The molecule has 0 aromatic carbocycles. The predicted molar refractivity (Wildman–Crippen MR) is 83.1 cm³/mol. The Morgan fingerprint density at radius 2 is 2.05 bits per heavy atom. The fourth-order valence-electron chi connectivity index (χ4n) is 3.36. The molecule has 2 unspecified atom stereocenters. The number of aromatic nitrogens is 1. The molecule has 0 amide bonds. The maximum Gasteiger partial charge on any atom is 0.128 e. The largest absolute Gasteiger partial charge is 0.355 e. The van der Waals surface area contributed by atoms with Gasteiger partial charge in [0.1, 0.15) is 5.82 Å². The van der Waals surface area contributed by atoms with Crippen molar-refractivity contribution in [2.45, 2.75) is 38.3 Å². The van der Waals surface area contributed by atoms with E-state index in [-0.39, 0.29) is 0 Å². The Balaban J connectivity index is 1.62. The average molecular weight is 274 g/mol. The molecule has 2 aliphatic heterocycles. The molecule has 2 fully saturated rings. The molecule has 1 aromatic heterocycles. The average Bonchev–Trinajstić information content (AvgIpc) is 3.17. The lowest BCUT2D eigenvalue weighted by atomic mass is 10.1. The normalized spacial score (nSPS) is 25.3. The van der Waals surface area contributed by atoms with Crippen LogP contribution < -0.4 is 10.2 Å². The molecule has 4 nitrogen and oxygen atoms in total. The van der Waals surface area contributed by atoms with E-state index in [2.05, 4.69) is 39.2 Å². The van der Waals surface area contributed by atoms with Crippen molar-refractivity contribution in [2.75, 3.05) is 38.1 Å². The standard InChI is InChI=1S/C16H26N4/c1-13(17-2)14-5-6-16(18-11-14)20-10-7-15(12-20)19-8-3-4-9-19/h5-6,11,13,15,17H,3-4,7-10,12H2,1-2H3. The SMILES string of the molecule is CNC(C)c1ccc(N2CCC(N3CCCC3)C2)nc1. The van der Waals surface area contributed by atoms with E-state index in [4.69, 9.17) is 0 Å². The van der Waals surface area contributed by atoms with Crippen LogP contribution in [-0.2, 0) is 0 Å². The number of hydrogen-bond donors (Lipinski definition) is 1. The maximum atomic E-state index is 4.66. The van der Waals surface area contributed by atoms with Crippen molar-refractivity contribution in [3.05, 3.63) is 23.9 Å². The van der Waals surface area contributed by atoms with Crippen LogP contribution >= 0.6 is 0 Å². The number of anilines is 1. The van der Waals surface area contributed by atoms with Gasteiger partial charge in [-0.2, -0.15) is 0 Å². The van der Waals surface area contributed by atoms with Crippen molar-refractivity contribution in [3.8, 4) is 0 Å². The van der Waals surface area contributed by atoms with Crippen LogP contribution in [0, 0.1) is 0 Å². The Morgan fingerprint density at radius 3 is 2.70 bits per heavy atom. The van der Waals surface area contributed by atoms with Crippen molar-refractivity contribution in [1.82, 2.24) is 15.2 Å². The van der Waals surface area contributed by atoms with E-state index in [0.29, 0.717) is 6.04 Å². The molecule has 0 bridgehead atoms. The van der Waals surface area contributed by atoms with Gasteiger partial charge >= 0.3 is 0 Å². The third-order valence-electron chi connectivity index (χ3n) is 4.85. The number of nitrogens with one attached hydrogen (secondary N) is 1. The number of likely N-dealkylation sites (tertiary alicyclic amines) is 1. The van der Waals surface area contributed by atoms with Crippen LogP contribution in [0.15, 0.2) is 18.3 Å². The lowest BCUT2D eigenvalue weighted by Crippen LogP contribution is -2.35. The van der Waals surface area contributed by atoms with E-state index < -0.39 is 0 Å². The fraction of sp³-hybridized carbons (Fsp3) is 0.688. The molecule has 3 heterocycles. The molecule has 1 aromatic rings. The van der Waals surface area contributed by atoms with E-state index in [1.807, 2.05) is 13.2 Å². The van der Waals surface area contributed by atoms with Crippen LogP contribution in [0.5, 0.6) is 0 Å². The molecule has 3 rings (SSSR count). The molecule has 4 heteroatoms. The van der Waals surface area contributed by atoms with Gasteiger partial charge in [-0.05, 0) is 58.0 Å². The van der Waals surface area contributed by atoms with Crippen LogP contribution in [-0.4, -0.2) is 49.2 Å². The Hall–Kier alpha value is -1.13. The van der Waals surface area contributed by atoms with Gasteiger partial charge in [0.2, 0.25) is 0 Å². The van der Waals surface area contributed by atoms with Crippen molar-refractivity contribution >= 4 is 5.82 Å². The van der Waals surface area contributed by atoms with Gasteiger partial charge in [-0.25, -0.2) is 4.98 Å². The summed E-state index contributed by atoms with van der Waals surface area (Å²) in [7, 11) is 1.99. The quantitative estimate of drug-likeness (QED) is 0.910. The van der Waals surface area contributed by atoms with Crippen molar-refractivity contribution in [2.24, 2.45) is 0 Å². The third-order valence-corrected chi connectivity index (χ3v) is 4.85. The van der Waals surface area contributed by atoms with Crippen molar-refractivity contribution < 1.29 is 0 Å². The zero-order valence-electron chi connectivity index (χ0n) is 12.7. The molecule has 0 spiro atoms.